The van der Waals surface area contributed by atoms with E-state index in [1.165, 1.54) is 5.56 Å². The highest BCUT2D eigenvalue weighted by Gasteiger charge is 2.17. The van der Waals surface area contributed by atoms with Gasteiger partial charge >= 0.3 is 0 Å². The highest BCUT2D eigenvalue weighted by Crippen LogP contribution is 2.32. The lowest BCUT2D eigenvalue weighted by molar-refractivity contribution is 0.930. The molecule has 2 aromatic heterocycles. The van der Waals surface area contributed by atoms with Crippen molar-refractivity contribution in [3.05, 3.63) is 71.0 Å². The zero-order valence-corrected chi connectivity index (χ0v) is 14.7. The summed E-state index contributed by atoms with van der Waals surface area (Å²) in [5, 5.41) is 5.31. The average molecular weight is 349 g/mol. The molecule has 0 spiro atoms. The summed E-state index contributed by atoms with van der Waals surface area (Å²) in [6.45, 7) is 4.02. The number of halogens is 1. The summed E-state index contributed by atoms with van der Waals surface area (Å²) in [6.07, 6.45) is 1.82. The van der Waals surface area contributed by atoms with E-state index in [1.54, 1.807) is 4.52 Å². The number of hydrogen-bond donors (Lipinski definition) is 1. The molecule has 0 aliphatic heterocycles. The van der Waals surface area contributed by atoms with Gasteiger partial charge in [0.15, 0.2) is 5.65 Å². The summed E-state index contributed by atoms with van der Waals surface area (Å²) in [5.74, 6) is 0.581. The monoisotopic (exact) mass is 348 g/mol. The Hall–Kier alpha value is -2.85. The van der Waals surface area contributed by atoms with Crippen molar-refractivity contribution in [2.45, 2.75) is 13.8 Å². The van der Waals surface area contributed by atoms with Gasteiger partial charge < -0.3 is 5.73 Å². The number of aromatic nitrogens is 3. The van der Waals surface area contributed by atoms with Crippen LogP contribution in [-0.2, 0) is 0 Å². The van der Waals surface area contributed by atoms with Crippen LogP contribution in [0.15, 0.2) is 54.7 Å². The Bertz CT molecular complexity index is 1060. The molecular formula is C20H17ClN4. The maximum absolute atomic E-state index is 6.41. The minimum Gasteiger partial charge on any atom is -0.383 e. The second-order valence-electron chi connectivity index (χ2n) is 6.13. The average Bonchev–Trinajstić information content (AvgIpc) is 2.94. The fourth-order valence-electron chi connectivity index (χ4n) is 3.02. The fraction of sp³-hybridized carbons (Fsp3) is 0.100. The molecule has 25 heavy (non-hydrogen) atoms. The standard InChI is InChI=1S/C20H17ClN4/c1-12-3-5-14(6-4-12)17-11-23-20-18(13(2)24-25(20)19(17)22)15-7-9-16(21)10-8-15/h3-11H,22H2,1-2H3. The number of aryl methyl sites for hydroxylation is 2. The van der Waals surface area contributed by atoms with Gasteiger partial charge in [-0.1, -0.05) is 53.6 Å². The van der Waals surface area contributed by atoms with Crippen LogP contribution >= 0.6 is 11.6 Å². The van der Waals surface area contributed by atoms with E-state index >= 15 is 0 Å². The third-order valence-corrected chi connectivity index (χ3v) is 4.60. The molecule has 0 fully saturated rings. The van der Waals surface area contributed by atoms with E-state index < -0.39 is 0 Å². The summed E-state index contributed by atoms with van der Waals surface area (Å²) in [5.41, 5.74) is 13.1. The van der Waals surface area contributed by atoms with Gasteiger partial charge in [-0.3, -0.25) is 0 Å². The second kappa shape index (κ2) is 5.90. The minimum atomic E-state index is 0.581. The fourth-order valence-corrected chi connectivity index (χ4v) is 3.14. The Kier molecular flexibility index (Phi) is 3.70. The molecule has 124 valence electrons. The van der Waals surface area contributed by atoms with E-state index in [1.807, 2.05) is 49.5 Å². The van der Waals surface area contributed by atoms with Crippen molar-refractivity contribution in [3.8, 4) is 22.3 Å². The molecule has 4 aromatic rings. The molecule has 0 aliphatic carbocycles. The van der Waals surface area contributed by atoms with Crippen molar-refractivity contribution in [2.24, 2.45) is 0 Å². The third-order valence-electron chi connectivity index (χ3n) is 4.35. The van der Waals surface area contributed by atoms with Gasteiger partial charge in [-0.25, -0.2) is 4.98 Å². The molecule has 4 nitrogen and oxygen atoms in total. The third kappa shape index (κ3) is 2.65. The zero-order valence-electron chi connectivity index (χ0n) is 14.0. The molecule has 0 radical (unpaired) electrons. The predicted molar refractivity (Wildman–Crippen MR) is 103 cm³/mol. The first-order valence-electron chi connectivity index (χ1n) is 8.01. The van der Waals surface area contributed by atoms with Gasteiger partial charge in [0.1, 0.15) is 5.82 Å². The number of benzene rings is 2. The lowest BCUT2D eigenvalue weighted by Gasteiger charge is -2.08. The Balaban J connectivity index is 1.92. The molecule has 0 unspecified atom stereocenters. The van der Waals surface area contributed by atoms with Crippen molar-refractivity contribution in [1.82, 2.24) is 14.6 Å². The number of fused-ring (bicyclic) bond motifs is 1. The summed E-state index contributed by atoms with van der Waals surface area (Å²) in [6, 6.07) is 15.9. The van der Waals surface area contributed by atoms with E-state index in [9.17, 15) is 0 Å². The van der Waals surface area contributed by atoms with Crippen molar-refractivity contribution < 1.29 is 0 Å². The lowest BCUT2D eigenvalue weighted by atomic mass is 10.1. The van der Waals surface area contributed by atoms with Crippen LogP contribution in [0.5, 0.6) is 0 Å². The molecule has 0 amide bonds. The molecule has 2 aromatic carbocycles. The number of nitrogen functional groups attached to an aromatic ring is 1. The molecule has 2 heterocycles. The lowest BCUT2D eigenvalue weighted by Crippen LogP contribution is -2.03. The van der Waals surface area contributed by atoms with Gasteiger partial charge in [0.2, 0.25) is 0 Å². The van der Waals surface area contributed by atoms with E-state index in [0.717, 1.165) is 33.6 Å². The van der Waals surface area contributed by atoms with Crippen LogP contribution in [0, 0.1) is 13.8 Å². The SMILES string of the molecule is Cc1ccc(-c2cnc3c(-c4ccc(Cl)cc4)c(C)nn3c2N)cc1. The van der Waals surface area contributed by atoms with E-state index in [4.69, 9.17) is 17.3 Å². The van der Waals surface area contributed by atoms with Crippen LogP contribution in [0.1, 0.15) is 11.3 Å². The summed E-state index contributed by atoms with van der Waals surface area (Å²) in [4.78, 5) is 4.65. The summed E-state index contributed by atoms with van der Waals surface area (Å²) < 4.78 is 1.72. The number of nitrogens with two attached hydrogens (primary N) is 1. The molecule has 0 saturated carbocycles. The van der Waals surface area contributed by atoms with Gasteiger partial charge in [-0.05, 0) is 37.1 Å². The molecule has 2 N–H and O–H groups in total. The van der Waals surface area contributed by atoms with Crippen LogP contribution in [-0.4, -0.2) is 14.6 Å². The Morgan fingerprint density at radius 1 is 0.920 bits per heavy atom. The topological polar surface area (TPSA) is 56.2 Å². The summed E-state index contributed by atoms with van der Waals surface area (Å²) in [7, 11) is 0. The quantitative estimate of drug-likeness (QED) is 0.559. The van der Waals surface area contributed by atoms with Crippen LogP contribution < -0.4 is 5.73 Å². The van der Waals surface area contributed by atoms with Crippen molar-refractivity contribution in [3.63, 3.8) is 0 Å². The maximum atomic E-state index is 6.41. The Morgan fingerprint density at radius 2 is 1.56 bits per heavy atom. The number of rotatable bonds is 2. The van der Waals surface area contributed by atoms with Crippen molar-refractivity contribution in [2.75, 3.05) is 5.73 Å². The second-order valence-corrected chi connectivity index (χ2v) is 6.56. The smallest absolute Gasteiger partial charge is 0.165 e. The maximum Gasteiger partial charge on any atom is 0.165 e. The highest BCUT2D eigenvalue weighted by molar-refractivity contribution is 6.30. The zero-order chi connectivity index (χ0) is 17.6. The predicted octanol–water partition coefficient (Wildman–Crippen LogP) is 4.92. The summed E-state index contributed by atoms with van der Waals surface area (Å²) >= 11 is 6.00. The van der Waals surface area contributed by atoms with E-state index in [0.29, 0.717) is 10.8 Å². The van der Waals surface area contributed by atoms with Crippen LogP contribution in [0.2, 0.25) is 5.02 Å². The van der Waals surface area contributed by atoms with E-state index in [2.05, 4.69) is 29.1 Å². The minimum absolute atomic E-state index is 0.581. The molecule has 4 rings (SSSR count). The van der Waals surface area contributed by atoms with Gasteiger partial charge in [0.25, 0.3) is 0 Å². The van der Waals surface area contributed by atoms with Gasteiger partial charge in [0.05, 0.1) is 5.69 Å². The molecule has 0 atom stereocenters. The normalized spacial score (nSPS) is 11.2. The first-order chi connectivity index (χ1) is 12.0. The first kappa shape index (κ1) is 15.7. The van der Waals surface area contributed by atoms with Crippen LogP contribution in [0.4, 0.5) is 5.82 Å². The first-order valence-corrected chi connectivity index (χ1v) is 8.39. The Labute approximate surface area is 150 Å². The number of anilines is 1. The molecular weight excluding hydrogens is 332 g/mol. The highest BCUT2D eigenvalue weighted by atomic mass is 35.5. The van der Waals surface area contributed by atoms with Crippen molar-refractivity contribution in [1.29, 1.82) is 0 Å². The van der Waals surface area contributed by atoms with Gasteiger partial charge in [-0.2, -0.15) is 9.61 Å². The largest absolute Gasteiger partial charge is 0.383 e. The Morgan fingerprint density at radius 3 is 2.24 bits per heavy atom. The van der Waals surface area contributed by atoms with E-state index in [-0.39, 0.29) is 0 Å². The van der Waals surface area contributed by atoms with Gasteiger partial charge in [0, 0.05) is 22.3 Å². The van der Waals surface area contributed by atoms with Crippen molar-refractivity contribution >= 4 is 23.1 Å². The molecule has 0 aliphatic rings. The number of nitrogens with zero attached hydrogens (tertiary/aromatic N) is 3. The van der Waals surface area contributed by atoms with Crippen LogP contribution in [0.25, 0.3) is 27.9 Å². The number of hydrogen-bond acceptors (Lipinski definition) is 3. The van der Waals surface area contributed by atoms with Crippen LogP contribution in [0.3, 0.4) is 0 Å². The molecule has 0 bridgehead atoms. The molecule has 5 heteroatoms. The van der Waals surface area contributed by atoms with Gasteiger partial charge in [-0.15, -0.1) is 0 Å². The molecule has 0 saturated heterocycles.